The van der Waals surface area contributed by atoms with Gasteiger partial charge in [-0.25, -0.2) is 15.0 Å². The quantitative estimate of drug-likeness (QED) is 0.418. The Balaban J connectivity index is 1.35. The van der Waals surface area contributed by atoms with Crippen LogP contribution < -0.4 is 11.5 Å². The van der Waals surface area contributed by atoms with Crippen molar-refractivity contribution in [2.24, 2.45) is 0 Å². The molecule has 3 aromatic heterocycles. The van der Waals surface area contributed by atoms with Crippen LogP contribution in [0.25, 0.3) is 21.9 Å². The molecule has 1 aliphatic carbocycles. The number of benzene rings is 1. The third kappa shape index (κ3) is 3.36. The maximum Gasteiger partial charge on any atom is 0.146 e. The molecular formula is C22H20Cl2N6. The van der Waals surface area contributed by atoms with Crippen LogP contribution in [0.2, 0.25) is 10.0 Å². The van der Waals surface area contributed by atoms with Gasteiger partial charge in [-0.05, 0) is 55.5 Å². The molecule has 1 aromatic carbocycles. The molecule has 1 aliphatic rings. The Hall–Kier alpha value is -2.83. The fraction of sp³-hybridized carbons (Fsp3) is 0.227. The van der Waals surface area contributed by atoms with E-state index in [4.69, 9.17) is 34.7 Å². The molecule has 1 unspecified atom stereocenters. The molecule has 152 valence electrons. The number of rotatable bonds is 4. The van der Waals surface area contributed by atoms with Gasteiger partial charge in [0.05, 0.1) is 27.0 Å². The number of nitrogens with zero attached hydrogens (tertiary/aromatic N) is 4. The topological polar surface area (TPSA) is 95.6 Å². The van der Waals surface area contributed by atoms with Crippen LogP contribution >= 0.6 is 23.2 Å². The molecule has 8 heteroatoms. The van der Waals surface area contributed by atoms with Crippen molar-refractivity contribution in [2.75, 3.05) is 11.5 Å². The number of halogens is 2. The van der Waals surface area contributed by atoms with E-state index in [-0.39, 0.29) is 6.04 Å². The Kier molecular flexibility index (Phi) is 4.76. The van der Waals surface area contributed by atoms with Crippen molar-refractivity contribution in [3.8, 4) is 0 Å². The Bertz CT molecular complexity index is 1310. The fourth-order valence-electron chi connectivity index (χ4n) is 4.18. The Morgan fingerprint density at radius 1 is 1.00 bits per heavy atom. The molecular weight excluding hydrogens is 419 g/mol. The van der Waals surface area contributed by atoms with E-state index in [1.807, 2.05) is 24.4 Å². The van der Waals surface area contributed by atoms with Crippen molar-refractivity contribution in [3.05, 3.63) is 64.0 Å². The first-order chi connectivity index (χ1) is 14.5. The van der Waals surface area contributed by atoms with Gasteiger partial charge in [-0.2, -0.15) is 0 Å². The Morgan fingerprint density at radius 3 is 2.73 bits per heavy atom. The van der Waals surface area contributed by atoms with E-state index in [2.05, 4.69) is 25.6 Å². The minimum absolute atomic E-state index is 0.288. The highest BCUT2D eigenvalue weighted by molar-refractivity contribution is 6.37. The minimum atomic E-state index is 0.288. The van der Waals surface area contributed by atoms with Gasteiger partial charge in [0.1, 0.15) is 23.6 Å². The molecule has 0 radical (unpaired) electrons. The number of pyridine rings is 1. The van der Waals surface area contributed by atoms with Crippen molar-refractivity contribution in [1.29, 1.82) is 0 Å². The second-order valence-corrected chi connectivity index (χ2v) is 8.46. The highest BCUT2D eigenvalue weighted by Gasteiger charge is 2.20. The van der Waals surface area contributed by atoms with Crippen LogP contribution in [0.1, 0.15) is 30.9 Å². The molecule has 30 heavy (non-hydrogen) atoms. The summed E-state index contributed by atoms with van der Waals surface area (Å²) in [6, 6.07) is 8.08. The minimum Gasteiger partial charge on any atom is -0.383 e. The summed E-state index contributed by atoms with van der Waals surface area (Å²) in [6.45, 7) is 0. The lowest BCUT2D eigenvalue weighted by molar-refractivity contribution is 0.603. The predicted octanol–water partition coefficient (Wildman–Crippen LogP) is 5.34. The number of nitrogens with two attached hydrogens (primary N) is 2. The molecule has 6 nitrogen and oxygen atoms in total. The van der Waals surface area contributed by atoms with E-state index < -0.39 is 0 Å². The fourth-order valence-corrected chi connectivity index (χ4v) is 4.63. The number of hydrogen-bond donors (Lipinski definition) is 2. The van der Waals surface area contributed by atoms with E-state index in [0.717, 1.165) is 53.2 Å². The summed E-state index contributed by atoms with van der Waals surface area (Å²) < 4.78 is 2.18. The van der Waals surface area contributed by atoms with Gasteiger partial charge in [0.2, 0.25) is 0 Å². The first-order valence-electron chi connectivity index (χ1n) is 9.80. The van der Waals surface area contributed by atoms with Crippen molar-refractivity contribution in [1.82, 2.24) is 19.5 Å². The van der Waals surface area contributed by atoms with Gasteiger partial charge in [-0.15, -0.1) is 0 Å². The van der Waals surface area contributed by atoms with Crippen LogP contribution in [0.15, 0.2) is 48.4 Å². The molecule has 0 aliphatic heterocycles. The standard InChI is InChI=1S/C22H20Cl2N6/c23-17-8-13(9-19-16(17)10-18(24)21(26)29-19)2-1-12-3-4-14(7-12)30-6-5-15-20(25)27-11-28-22(15)30/h5-11,14H,1-4H2,(H2,26,29)(H2,25,27,28). The number of aromatic nitrogens is 4. The number of hydrogen-bond acceptors (Lipinski definition) is 5. The van der Waals surface area contributed by atoms with E-state index >= 15 is 0 Å². The number of nitrogen functional groups attached to an aromatic ring is 2. The van der Waals surface area contributed by atoms with Gasteiger partial charge < -0.3 is 16.0 Å². The summed E-state index contributed by atoms with van der Waals surface area (Å²) in [5.41, 5.74) is 16.0. The lowest BCUT2D eigenvalue weighted by Gasteiger charge is -2.10. The highest BCUT2D eigenvalue weighted by atomic mass is 35.5. The van der Waals surface area contributed by atoms with Crippen LogP contribution in [-0.4, -0.2) is 19.5 Å². The zero-order chi connectivity index (χ0) is 20.8. The molecule has 0 saturated carbocycles. The molecule has 4 aromatic rings. The highest BCUT2D eigenvalue weighted by Crippen LogP contribution is 2.35. The average molecular weight is 439 g/mol. The van der Waals surface area contributed by atoms with Gasteiger partial charge in [0.15, 0.2) is 0 Å². The van der Waals surface area contributed by atoms with Crippen molar-refractivity contribution < 1.29 is 0 Å². The van der Waals surface area contributed by atoms with E-state index in [1.165, 1.54) is 11.9 Å². The Morgan fingerprint density at radius 2 is 1.87 bits per heavy atom. The SMILES string of the molecule is Nc1nc2cc(CCC3=CC(n4ccc5c(N)ncnc54)CC3)cc(Cl)c2cc1Cl. The first-order valence-corrected chi connectivity index (χ1v) is 10.6. The molecule has 4 N–H and O–H groups in total. The van der Waals surface area contributed by atoms with Gasteiger partial charge >= 0.3 is 0 Å². The largest absolute Gasteiger partial charge is 0.383 e. The number of aryl methyl sites for hydroxylation is 1. The van der Waals surface area contributed by atoms with E-state index in [1.54, 1.807) is 6.07 Å². The molecule has 0 saturated heterocycles. The monoisotopic (exact) mass is 438 g/mol. The molecule has 0 amide bonds. The maximum absolute atomic E-state index is 6.46. The zero-order valence-corrected chi connectivity index (χ0v) is 17.7. The molecule has 0 bridgehead atoms. The number of anilines is 2. The van der Waals surface area contributed by atoms with Crippen LogP contribution in [-0.2, 0) is 6.42 Å². The number of allylic oxidation sites excluding steroid dienone is 2. The van der Waals surface area contributed by atoms with Gasteiger partial charge in [-0.1, -0.05) is 34.9 Å². The van der Waals surface area contributed by atoms with Crippen molar-refractivity contribution >= 4 is 56.8 Å². The predicted molar refractivity (Wildman–Crippen MR) is 123 cm³/mol. The van der Waals surface area contributed by atoms with Crippen LogP contribution in [0.4, 0.5) is 11.6 Å². The third-order valence-corrected chi connectivity index (χ3v) is 6.36. The second kappa shape index (κ2) is 7.45. The number of fused-ring (bicyclic) bond motifs is 2. The third-order valence-electron chi connectivity index (χ3n) is 5.75. The van der Waals surface area contributed by atoms with Gasteiger partial charge in [0, 0.05) is 11.6 Å². The molecule has 3 heterocycles. The van der Waals surface area contributed by atoms with Crippen molar-refractivity contribution in [2.45, 2.75) is 31.7 Å². The summed E-state index contributed by atoms with van der Waals surface area (Å²) in [7, 11) is 0. The zero-order valence-electron chi connectivity index (χ0n) is 16.1. The van der Waals surface area contributed by atoms with E-state index in [9.17, 15) is 0 Å². The van der Waals surface area contributed by atoms with Crippen LogP contribution in [0.3, 0.4) is 0 Å². The van der Waals surface area contributed by atoms with Crippen LogP contribution in [0.5, 0.6) is 0 Å². The summed E-state index contributed by atoms with van der Waals surface area (Å²) in [4.78, 5) is 12.9. The van der Waals surface area contributed by atoms with Gasteiger partial charge in [-0.3, -0.25) is 0 Å². The summed E-state index contributed by atoms with van der Waals surface area (Å²) in [6.07, 6.45) is 9.88. The lowest BCUT2D eigenvalue weighted by Crippen LogP contribution is -2.03. The molecule has 1 atom stereocenters. The molecule has 0 fully saturated rings. The molecule has 0 spiro atoms. The maximum atomic E-state index is 6.46. The lowest BCUT2D eigenvalue weighted by atomic mass is 10.0. The average Bonchev–Trinajstić information content (AvgIpc) is 3.35. The summed E-state index contributed by atoms with van der Waals surface area (Å²) >= 11 is 12.5. The smallest absolute Gasteiger partial charge is 0.146 e. The molecule has 5 rings (SSSR count). The van der Waals surface area contributed by atoms with Crippen LogP contribution in [0, 0.1) is 0 Å². The Labute approximate surface area is 183 Å². The van der Waals surface area contributed by atoms with Crippen molar-refractivity contribution in [3.63, 3.8) is 0 Å². The second-order valence-electron chi connectivity index (χ2n) is 7.65. The summed E-state index contributed by atoms with van der Waals surface area (Å²) in [5, 5.41) is 2.78. The summed E-state index contributed by atoms with van der Waals surface area (Å²) in [5.74, 6) is 0.840. The first kappa shape index (κ1) is 19.2. The normalized spacial score (nSPS) is 16.5. The van der Waals surface area contributed by atoms with E-state index in [0.29, 0.717) is 21.7 Å². The van der Waals surface area contributed by atoms with Gasteiger partial charge in [0.25, 0.3) is 0 Å².